The number of benzene rings is 1. The van der Waals surface area contributed by atoms with E-state index in [0.29, 0.717) is 19.1 Å². The van der Waals surface area contributed by atoms with E-state index < -0.39 is 0 Å². The molecule has 0 bridgehead atoms. The summed E-state index contributed by atoms with van der Waals surface area (Å²) in [6.45, 7) is 11.6. The summed E-state index contributed by atoms with van der Waals surface area (Å²) in [5.41, 5.74) is 1.24. The summed E-state index contributed by atoms with van der Waals surface area (Å²) < 4.78 is 17.0. The highest BCUT2D eigenvalue weighted by Gasteiger charge is 2.15. The molecule has 1 unspecified atom stereocenters. The minimum absolute atomic E-state index is 0. The molecule has 0 radical (unpaired) electrons. The molecule has 0 saturated carbocycles. The molecule has 28 heavy (non-hydrogen) atoms. The van der Waals surface area contributed by atoms with Gasteiger partial charge in [0.15, 0.2) is 5.96 Å². The van der Waals surface area contributed by atoms with Crippen molar-refractivity contribution in [3.05, 3.63) is 29.8 Å². The maximum Gasteiger partial charge on any atom is 0.191 e. The number of aliphatic imine (C=N–C) groups is 1. The molecule has 1 saturated heterocycles. The van der Waals surface area contributed by atoms with Crippen molar-refractivity contribution in [1.29, 1.82) is 0 Å². The number of guanidine groups is 1. The first kappa shape index (κ1) is 25.0. The van der Waals surface area contributed by atoms with Crippen LogP contribution in [0.5, 0.6) is 5.75 Å². The summed E-state index contributed by atoms with van der Waals surface area (Å²) in [7, 11) is 0. The standard InChI is InChI=1S/C21H35N3O3.HI/c1-4-22-21(23-11-7-13-26-18-10-14-25-16-18)24-12-15-27-20-9-6-5-8-19(20)17(2)3;/h5-6,8-9,17-18H,4,7,10-16H2,1-3H3,(H2,22,23,24);1H. The van der Waals surface area contributed by atoms with Gasteiger partial charge in [0.25, 0.3) is 0 Å². The van der Waals surface area contributed by atoms with Crippen LogP contribution in [0.4, 0.5) is 0 Å². The fraction of sp³-hybridized carbons (Fsp3) is 0.667. The Hall–Kier alpha value is -1.06. The van der Waals surface area contributed by atoms with Crippen LogP contribution in [-0.4, -0.2) is 58.1 Å². The Balaban J connectivity index is 0.00000392. The van der Waals surface area contributed by atoms with Crippen molar-refractivity contribution in [2.45, 2.75) is 45.6 Å². The summed E-state index contributed by atoms with van der Waals surface area (Å²) in [6, 6.07) is 8.22. The maximum absolute atomic E-state index is 5.95. The van der Waals surface area contributed by atoms with Crippen LogP contribution >= 0.6 is 24.0 Å². The maximum atomic E-state index is 5.95. The van der Waals surface area contributed by atoms with Gasteiger partial charge in [-0.1, -0.05) is 32.0 Å². The molecule has 160 valence electrons. The zero-order valence-electron chi connectivity index (χ0n) is 17.4. The number of para-hydroxylation sites is 1. The SMILES string of the molecule is CCNC(=NCCCOC1CCOC1)NCCOc1ccccc1C(C)C.I. The van der Waals surface area contributed by atoms with Gasteiger partial charge in [-0.05, 0) is 37.3 Å². The predicted molar refractivity (Wildman–Crippen MR) is 125 cm³/mol. The lowest BCUT2D eigenvalue weighted by molar-refractivity contribution is 0.0424. The van der Waals surface area contributed by atoms with Gasteiger partial charge < -0.3 is 24.8 Å². The molecule has 1 aromatic carbocycles. The molecule has 1 fully saturated rings. The smallest absolute Gasteiger partial charge is 0.191 e. The molecule has 0 aromatic heterocycles. The highest BCUT2D eigenvalue weighted by atomic mass is 127. The summed E-state index contributed by atoms with van der Waals surface area (Å²) in [4.78, 5) is 4.60. The second-order valence-corrected chi connectivity index (χ2v) is 6.94. The van der Waals surface area contributed by atoms with E-state index in [-0.39, 0.29) is 30.1 Å². The zero-order valence-corrected chi connectivity index (χ0v) is 19.7. The van der Waals surface area contributed by atoms with Crippen LogP contribution in [0.2, 0.25) is 0 Å². The quantitative estimate of drug-likeness (QED) is 0.209. The third-order valence-corrected chi connectivity index (χ3v) is 4.35. The van der Waals surface area contributed by atoms with E-state index in [1.54, 1.807) is 0 Å². The van der Waals surface area contributed by atoms with E-state index >= 15 is 0 Å². The molecule has 6 nitrogen and oxygen atoms in total. The highest BCUT2D eigenvalue weighted by Crippen LogP contribution is 2.25. The molecule has 7 heteroatoms. The van der Waals surface area contributed by atoms with Gasteiger partial charge in [0.2, 0.25) is 0 Å². The number of hydrogen-bond acceptors (Lipinski definition) is 4. The van der Waals surface area contributed by atoms with Gasteiger partial charge in [-0.25, -0.2) is 0 Å². The van der Waals surface area contributed by atoms with Crippen molar-refractivity contribution in [2.75, 3.05) is 46.1 Å². The molecule has 1 aliphatic rings. The van der Waals surface area contributed by atoms with Gasteiger partial charge in [-0.3, -0.25) is 4.99 Å². The summed E-state index contributed by atoms with van der Waals surface area (Å²) in [5, 5.41) is 6.59. The van der Waals surface area contributed by atoms with Crippen molar-refractivity contribution in [1.82, 2.24) is 10.6 Å². The minimum Gasteiger partial charge on any atom is -0.491 e. The van der Waals surface area contributed by atoms with Crippen LogP contribution in [0.3, 0.4) is 0 Å². The molecular formula is C21H36IN3O3. The lowest BCUT2D eigenvalue weighted by Crippen LogP contribution is -2.39. The van der Waals surface area contributed by atoms with Gasteiger partial charge in [0.05, 0.1) is 19.3 Å². The lowest BCUT2D eigenvalue weighted by Gasteiger charge is -2.15. The van der Waals surface area contributed by atoms with E-state index in [1.807, 2.05) is 12.1 Å². The monoisotopic (exact) mass is 505 g/mol. The minimum atomic E-state index is 0. The van der Waals surface area contributed by atoms with Gasteiger partial charge in [0.1, 0.15) is 12.4 Å². The number of nitrogens with zero attached hydrogens (tertiary/aromatic N) is 1. The first-order valence-corrected chi connectivity index (χ1v) is 10.1. The molecule has 1 heterocycles. The Morgan fingerprint density at radius 1 is 1.25 bits per heavy atom. The molecule has 1 aliphatic heterocycles. The topological polar surface area (TPSA) is 64.1 Å². The van der Waals surface area contributed by atoms with Crippen molar-refractivity contribution < 1.29 is 14.2 Å². The van der Waals surface area contributed by atoms with Gasteiger partial charge in [-0.15, -0.1) is 24.0 Å². The number of rotatable bonds is 11. The van der Waals surface area contributed by atoms with Crippen LogP contribution < -0.4 is 15.4 Å². The Labute approximate surface area is 186 Å². The van der Waals surface area contributed by atoms with E-state index in [4.69, 9.17) is 14.2 Å². The van der Waals surface area contributed by atoms with Gasteiger partial charge in [-0.2, -0.15) is 0 Å². The Morgan fingerprint density at radius 2 is 2.07 bits per heavy atom. The van der Waals surface area contributed by atoms with Crippen LogP contribution in [0, 0.1) is 0 Å². The lowest BCUT2D eigenvalue weighted by atomic mass is 10.0. The van der Waals surface area contributed by atoms with Crippen molar-refractivity contribution in [3.63, 3.8) is 0 Å². The van der Waals surface area contributed by atoms with Crippen LogP contribution in [0.1, 0.15) is 45.1 Å². The average Bonchev–Trinajstić information content (AvgIpc) is 3.18. The number of hydrogen-bond donors (Lipinski definition) is 2. The second-order valence-electron chi connectivity index (χ2n) is 6.94. The fourth-order valence-corrected chi connectivity index (χ4v) is 2.91. The normalized spacial score (nSPS) is 16.7. The van der Waals surface area contributed by atoms with Crippen LogP contribution in [-0.2, 0) is 9.47 Å². The van der Waals surface area contributed by atoms with Crippen LogP contribution in [0.25, 0.3) is 0 Å². The zero-order chi connectivity index (χ0) is 19.3. The molecular weight excluding hydrogens is 469 g/mol. The highest BCUT2D eigenvalue weighted by molar-refractivity contribution is 14.0. The first-order chi connectivity index (χ1) is 13.2. The van der Waals surface area contributed by atoms with Crippen molar-refractivity contribution >= 4 is 29.9 Å². The van der Waals surface area contributed by atoms with Crippen molar-refractivity contribution in [3.8, 4) is 5.75 Å². The fourth-order valence-electron chi connectivity index (χ4n) is 2.91. The molecule has 0 spiro atoms. The van der Waals surface area contributed by atoms with E-state index in [9.17, 15) is 0 Å². The summed E-state index contributed by atoms with van der Waals surface area (Å²) >= 11 is 0. The van der Waals surface area contributed by atoms with Crippen LogP contribution in [0.15, 0.2) is 29.3 Å². The third kappa shape index (κ3) is 9.43. The van der Waals surface area contributed by atoms with Gasteiger partial charge >= 0.3 is 0 Å². The summed E-state index contributed by atoms with van der Waals surface area (Å²) in [6.07, 6.45) is 2.19. The largest absolute Gasteiger partial charge is 0.491 e. The van der Waals surface area contributed by atoms with E-state index in [0.717, 1.165) is 57.5 Å². The predicted octanol–water partition coefficient (Wildman–Crippen LogP) is 3.56. The number of ether oxygens (including phenoxy) is 3. The molecule has 2 N–H and O–H groups in total. The molecule has 0 aliphatic carbocycles. The molecule has 2 rings (SSSR count). The molecule has 0 amide bonds. The first-order valence-electron chi connectivity index (χ1n) is 10.1. The Morgan fingerprint density at radius 3 is 2.79 bits per heavy atom. The molecule has 1 atom stereocenters. The Kier molecular flexibility index (Phi) is 13.3. The van der Waals surface area contributed by atoms with Crippen molar-refractivity contribution in [2.24, 2.45) is 4.99 Å². The third-order valence-electron chi connectivity index (χ3n) is 4.35. The van der Waals surface area contributed by atoms with E-state index in [1.165, 1.54) is 5.56 Å². The van der Waals surface area contributed by atoms with E-state index in [2.05, 4.69) is 48.5 Å². The number of nitrogens with one attached hydrogen (secondary N) is 2. The second kappa shape index (κ2) is 14.9. The summed E-state index contributed by atoms with van der Waals surface area (Å²) in [5.74, 6) is 2.23. The van der Waals surface area contributed by atoms with Gasteiger partial charge in [0, 0.05) is 26.3 Å². The number of halogens is 1. The molecule has 1 aromatic rings. The Bertz CT molecular complexity index is 564. The average molecular weight is 505 g/mol.